The van der Waals surface area contributed by atoms with Gasteiger partial charge in [-0.3, -0.25) is 29.4 Å². The van der Waals surface area contributed by atoms with Gasteiger partial charge in [-0.1, -0.05) is 150 Å². The number of halogens is 1. The number of rotatable bonds is 27. The van der Waals surface area contributed by atoms with Gasteiger partial charge in [0.05, 0.1) is 96.3 Å². The predicted octanol–water partition coefficient (Wildman–Crippen LogP) is 29.3. The Kier molecular flexibility index (Phi) is 43.9. The Morgan fingerprint density at radius 1 is 0.440 bits per heavy atom. The van der Waals surface area contributed by atoms with Gasteiger partial charge >= 0.3 is 0 Å². The van der Waals surface area contributed by atoms with E-state index in [0.29, 0.717) is 80.5 Å². The number of carbonyl (C=O) groups is 3. The fourth-order valence-electron chi connectivity index (χ4n) is 13.4. The second kappa shape index (κ2) is 51.5. The van der Waals surface area contributed by atoms with Crippen molar-refractivity contribution in [2.75, 3.05) is 55.5 Å². The van der Waals surface area contributed by atoms with Crippen molar-refractivity contribution >= 4 is 97.0 Å². The lowest BCUT2D eigenvalue weighted by atomic mass is 9.96. The number of carbonyl (C=O) groups excluding carboxylic acids is 3. The molecule has 12 aromatic rings. The number of ether oxygens (including phenoxy) is 7. The molecule has 12 rings (SSSR count). The van der Waals surface area contributed by atoms with Gasteiger partial charge < -0.3 is 70.6 Å². The Balaban J connectivity index is 0.000000311. The first kappa shape index (κ1) is 128. The molecule has 5 N–H and O–H groups in total. The number of aromatic nitrogens is 8. The third kappa shape index (κ3) is 32.5. The summed E-state index contributed by atoms with van der Waals surface area (Å²) in [7, 11) is -0.297. The van der Waals surface area contributed by atoms with Crippen LogP contribution in [0.1, 0.15) is 205 Å². The van der Waals surface area contributed by atoms with Crippen molar-refractivity contribution in [2.24, 2.45) is 0 Å². The van der Waals surface area contributed by atoms with Crippen molar-refractivity contribution in [1.29, 1.82) is 10.5 Å². The summed E-state index contributed by atoms with van der Waals surface area (Å²) in [6.07, 6.45) is 1.82. The Morgan fingerprint density at radius 2 is 0.767 bits per heavy atom. The number of nitriles is 2. The van der Waals surface area contributed by atoms with Gasteiger partial charge in [0.2, 0.25) is 49.9 Å². The number of ketones is 1. The number of hydrogen-bond donors (Lipinski definition) is 4. The molecule has 0 saturated heterocycles. The van der Waals surface area contributed by atoms with Crippen LogP contribution in [0.4, 0.5) is 5.82 Å². The molecule has 0 fully saturated rings. The first-order valence-electron chi connectivity index (χ1n) is 49.4. The Hall–Kier alpha value is -12.6. The SMILES string of the molecule is C.COc1cc(O)ccc1C=O.COc1cc(O[Si](C)(C)C(C)(C)C)ccc1-c1c(C)[nH]n2c(=O)cc(C)nc12.COc1cc(O[Si](C)(C)C(C)(C)C)ccc1-c1c(C)nn2c(Cl)cc(C)nc12.COc1cc(O[Si](C)(C)C(C)(C)C)ccc1-c1c(N)n[nH]c1C.COc1cc(O[Si](C)(C)C(C)(C)C)ccc1C(C#N)C(C)=O.COc1cc(O[Si](C)(C)C(C)(C)C)ccc1C=O.COc1cc(O[Si](C)(C)C(C)(C)C)ccc1CC#N. The van der Waals surface area contributed by atoms with Crippen LogP contribution in [0.5, 0.6) is 80.5 Å². The molecule has 5 aromatic heterocycles. The van der Waals surface area contributed by atoms with Crippen molar-refractivity contribution < 1.29 is 79.2 Å². The van der Waals surface area contributed by atoms with Crippen LogP contribution in [0, 0.1) is 57.3 Å². The molecule has 0 aliphatic carbocycles. The first-order valence-corrected chi connectivity index (χ1v) is 67.2. The molecule has 816 valence electrons. The van der Waals surface area contributed by atoms with Crippen molar-refractivity contribution in [3.8, 4) is 126 Å². The van der Waals surface area contributed by atoms with E-state index in [-0.39, 0.29) is 54.7 Å². The maximum atomic E-state index is 12.3. The lowest BCUT2D eigenvalue weighted by Gasteiger charge is -2.36. The van der Waals surface area contributed by atoms with E-state index in [0.717, 1.165) is 120 Å². The summed E-state index contributed by atoms with van der Waals surface area (Å²) < 4.78 is 78.6. The zero-order chi connectivity index (χ0) is 113. The number of fused-ring (bicyclic) bond motifs is 2. The summed E-state index contributed by atoms with van der Waals surface area (Å²) in [5.41, 5.74) is 19.1. The molecular formula is C114H166ClN11O18Si6. The number of nitrogens with two attached hydrogens (primary N) is 1. The molecule has 5 heterocycles. The number of aromatic hydroxyl groups is 1. The number of phenolic OH excluding ortho intramolecular Hbond substituents is 1. The number of nitrogen functional groups attached to an aromatic ring is 1. The minimum Gasteiger partial charge on any atom is -0.543 e. The van der Waals surface area contributed by atoms with Crippen LogP contribution >= 0.6 is 11.6 Å². The van der Waals surface area contributed by atoms with Crippen LogP contribution in [0.3, 0.4) is 0 Å². The van der Waals surface area contributed by atoms with E-state index < -0.39 is 55.8 Å². The van der Waals surface area contributed by atoms with Crippen LogP contribution in [-0.2, 0) is 11.2 Å². The molecule has 150 heavy (non-hydrogen) atoms. The van der Waals surface area contributed by atoms with E-state index in [1.807, 2.05) is 126 Å². The summed E-state index contributed by atoms with van der Waals surface area (Å²) in [5, 5.41) is 42.8. The number of benzene rings is 7. The number of aryl methyl sites for hydroxylation is 5. The maximum absolute atomic E-state index is 12.3. The molecular weight excluding hydrogens is 2020 g/mol. The number of Topliss-reactive ketones (excluding diaryl/α,β-unsaturated/α-hetero) is 1. The van der Waals surface area contributed by atoms with Crippen LogP contribution in [0.2, 0.25) is 114 Å². The minimum absolute atomic E-state index is 0. The normalized spacial score (nSPS) is 12.1. The third-order valence-corrected chi connectivity index (χ3v) is 54.8. The number of nitrogens with one attached hydrogen (secondary N) is 2. The molecule has 0 bridgehead atoms. The quantitative estimate of drug-likeness (QED) is 0.0211. The highest BCUT2D eigenvalue weighted by molar-refractivity contribution is 6.77. The van der Waals surface area contributed by atoms with Gasteiger partial charge in [-0.2, -0.15) is 20.7 Å². The lowest BCUT2D eigenvalue weighted by Crippen LogP contribution is -2.43. The summed E-state index contributed by atoms with van der Waals surface area (Å²) in [6.45, 7) is 77.2. The number of H-pyrrole nitrogens is 2. The number of nitrogens with zero attached hydrogens (tertiary/aromatic N) is 8. The molecule has 1 unspecified atom stereocenters. The van der Waals surface area contributed by atoms with E-state index in [1.165, 1.54) is 49.9 Å². The topological polar surface area (TPSA) is 374 Å². The van der Waals surface area contributed by atoms with Gasteiger partial charge in [-0.15, -0.1) is 0 Å². The summed E-state index contributed by atoms with van der Waals surface area (Å²) >= 11 is 6.36. The summed E-state index contributed by atoms with van der Waals surface area (Å²) in [5.74, 6) is 8.65. The summed E-state index contributed by atoms with van der Waals surface area (Å²) in [6, 6.07) is 45.9. The first-order chi connectivity index (χ1) is 68.7. The molecule has 29 nitrogen and oxygen atoms in total. The largest absolute Gasteiger partial charge is 0.543 e. The van der Waals surface area contributed by atoms with Gasteiger partial charge in [0.15, 0.2) is 35.5 Å². The molecule has 0 aliphatic heterocycles. The van der Waals surface area contributed by atoms with Crippen molar-refractivity contribution in [1.82, 2.24) is 39.4 Å². The van der Waals surface area contributed by atoms with Gasteiger partial charge in [0.25, 0.3) is 5.56 Å². The van der Waals surface area contributed by atoms with Crippen LogP contribution in [0.25, 0.3) is 44.7 Å². The molecule has 0 spiro atoms. The number of methoxy groups -OCH3 is 7. The molecule has 0 radical (unpaired) electrons. The second-order valence-corrected chi connectivity index (χ2v) is 74.5. The highest BCUT2D eigenvalue weighted by Crippen LogP contribution is 2.49. The second-order valence-electron chi connectivity index (χ2n) is 45.7. The van der Waals surface area contributed by atoms with E-state index >= 15 is 0 Å². The number of aromatic amines is 2. The fraction of sp³-hybridized carbons (Fsp3) is 0.456. The summed E-state index contributed by atoms with van der Waals surface area (Å²) in [4.78, 5) is 54.3. The van der Waals surface area contributed by atoms with Gasteiger partial charge in [0, 0.05) is 105 Å². The van der Waals surface area contributed by atoms with Gasteiger partial charge in [-0.05, 0) is 235 Å². The van der Waals surface area contributed by atoms with Crippen LogP contribution in [0.15, 0.2) is 144 Å². The zero-order valence-corrected chi connectivity index (χ0v) is 103. The standard InChI is InChI=1S/C21H28ClN3O2Si.C21H29N3O3Si.C17H27N3O2Si.C17H25NO3Si.C15H23NO2Si.C14H22O3Si.C8H8O3.CH4/c1-13-11-18(22)25-20(23-13)19(14(2)24-25)16-10-9-15(12-17(16)26-6)27-28(7,8)21(3,4)5;1-13-11-18(25)24-20(22-13)19(14(2)23-24)16-10-9-15(12-17(16)26-6)27-28(7,8)21(3,4)5;1-11-15(16(18)20-19-11)13-9-8-12(10-14(13)21-5)22-23(6,7)17(2,3)4;1-12(19)15(11-18)14-9-8-13(10-16(14)20-5)21-22(6,7)17(2,3)4;1-15(2,3)19(5,6)18-13-8-7-12(9-10-16)14(11-13)17-4;1-14(2,3)18(5,6)17-12-8-7-11(10-15)13(9-12)16-4;1-11-8-4-7(10)3-2-6(8)5-9;/h9-12H,1-8H3;9-12,23H,1-8H3;8-10H,1-7H3,(H3,18,19,20);8-10,15H,1-7H3;7-8,11H,9H2,1-6H3;7-10H,1-6H3;2-5,10H,1H3;1H4. The Labute approximate surface area is 902 Å². The lowest BCUT2D eigenvalue weighted by molar-refractivity contribution is -0.117. The van der Waals surface area contributed by atoms with Gasteiger partial charge in [-0.25, -0.2) is 19.0 Å². The number of anilines is 1. The van der Waals surface area contributed by atoms with Crippen molar-refractivity contribution in [2.45, 2.75) is 295 Å². The van der Waals surface area contributed by atoms with Crippen molar-refractivity contribution in [3.63, 3.8) is 0 Å². The predicted molar refractivity (Wildman–Crippen MR) is 623 cm³/mol. The average molecular weight is 2180 g/mol. The maximum Gasteiger partial charge on any atom is 0.272 e. The molecule has 0 aliphatic rings. The van der Waals surface area contributed by atoms with Gasteiger partial charge in [0.1, 0.15) is 91.6 Å². The number of aldehydes is 2. The number of phenols is 1. The number of hydrogen-bond acceptors (Lipinski definition) is 25. The molecule has 1 atom stereocenters. The molecule has 0 saturated carbocycles. The third-order valence-electron chi connectivity index (χ3n) is 28.4. The van der Waals surface area contributed by atoms with Crippen molar-refractivity contribution in [3.05, 3.63) is 206 Å². The van der Waals surface area contributed by atoms with Crippen LogP contribution in [-0.4, -0.2) is 163 Å². The minimum atomic E-state index is -1.95. The van der Waals surface area contributed by atoms with E-state index in [4.69, 9.17) is 87.4 Å². The van der Waals surface area contributed by atoms with E-state index in [2.05, 4.69) is 240 Å². The Morgan fingerprint density at radius 3 is 1.12 bits per heavy atom. The fourth-order valence-corrected chi connectivity index (χ4v) is 19.9. The van der Waals surface area contributed by atoms with E-state index in [1.54, 1.807) is 70.4 Å². The highest BCUT2D eigenvalue weighted by atomic mass is 35.5. The average Bonchev–Trinajstić information content (AvgIpc) is 1.61. The molecule has 36 heteroatoms. The Bertz CT molecular complexity index is 6790. The monoisotopic (exact) mass is 2180 g/mol. The molecule has 7 aromatic carbocycles. The van der Waals surface area contributed by atoms with E-state index in [9.17, 15) is 24.4 Å². The zero-order valence-electron chi connectivity index (χ0n) is 96.1. The molecule has 0 amide bonds. The smallest absolute Gasteiger partial charge is 0.272 e. The highest BCUT2D eigenvalue weighted by Gasteiger charge is 2.45. The van der Waals surface area contributed by atoms with Crippen LogP contribution < -0.4 is 71.0 Å².